The van der Waals surface area contributed by atoms with Crippen molar-refractivity contribution in [2.75, 3.05) is 25.5 Å². The lowest BCUT2D eigenvalue weighted by atomic mass is 9.89. The van der Waals surface area contributed by atoms with E-state index in [0.717, 1.165) is 5.56 Å². The third-order valence-corrected chi connectivity index (χ3v) is 6.46. The number of piperidine rings is 1. The molecule has 3 aromatic rings. The van der Waals surface area contributed by atoms with Crippen LogP contribution in [0.2, 0.25) is 5.02 Å². The number of methoxy groups -OCH3 is 1. The minimum Gasteiger partial charge on any atom is -0.497 e. The van der Waals surface area contributed by atoms with Crippen LogP contribution in [0.3, 0.4) is 0 Å². The highest BCUT2D eigenvalue weighted by Gasteiger charge is 2.28. The summed E-state index contributed by atoms with van der Waals surface area (Å²) < 4.78 is 34.1. The maximum absolute atomic E-state index is 14.6. The Balaban J connectivity index is 1.59. The van der Waals surface area contributed by atoms with Crippen molar-refractivity contribution in [1.29, 1.82) is 0 Å². The van der Waals surface area contributed by atoms with Crippen LogP contribution >= 0.6 is 11.6 Å². The van der Waals surface area contributed by atoms with E-state index >= 15 is 0 Å². The smallest absolute Gasteiger partial charge is 0.271 e. The number of carbonyl (C=O) groups is 1. The number of benzene rings is 2. The average molecular weight is 488 g/mol. The van der Waals surface area contributed by atoms with E-state index in [1.54, 1.807) is 23.1 Å². The molecule has 1 saturated heterocycles. The molecule has 1 fully saturated rings. The molecule has 0 aliphatic carbocycles. The minimum atomic E-state index is -0.616. The van der Waals surface area contributed by atoms with E-state index in [2.05, 4.69) is 5.32 Å². The molecule has 2 aromatic carbocycles. The van der Waals surface area contributed by atoms with Crippen LogP contribution in [0.5, 0.6) is 5.75 Å². The Morgan fingerprint density at radius 1 is 1.12 bits per heavy atom. The Morgan fingerprint density at radius 2 is 1.79 bits per heavy atom. The molecule has 1 aromatic heterocycles. The third kappa shape index (κ3) is 4.77. The van der Waals surface area contributed by atoms with Crippen LogP contribution in [0, 0.1) is 11.6 Å². The maximum atomic E-state index is 14.6. The normalized spacial score (nSPS) is 14.2. The van der Waals surface area contributed by atoms with Gasteiger partial charge in [-0.2, -0.15) is 0 Å². The quantitative estimate of drug-likeness (QED) is 0.544. The summed E-state index contributed by atoms with van der Waals surface area (Å²) in [5.74, 6) is -0.657. The van der Waals surface area contributed by atoms with Gasteiger partial charge in [0, 0.05) is 32.4 Å². The van der Waals surface area contributed by atoms with E-state index in [0.29, 0.717) is 31.7 Å². The first-order valence-corrected chi connectivity index (χ1v) is 11.2. The van der Waals surface area contributed by atoms with Gasteiger partial charge in [-0.25, -0.2) is 8.78 Å². The van der Waals surface area contributed by atoms with Crippen molar-refractivity contribution in [2.24, 2.45) is 7.05 Å². The second-order valence-corrected chi connectivity index (χ2v) is 8.61. The van der Waals surface area contributed by atoms with Gasteiger partial charge in [0.2, 0.25) is 0 Å². The molecule has 2 heterocycles. The van der Waals surface area contributed by atoms with Crippen molar-refractivity contribution in [3.05, 3.63) is 86.8 Å². The maximum Gasteiger partial charge on any atom is 0.271 e. The molecule has 1 amide bonds. The molecule has 1 N–H and O–H groups in total. The number of hydrogen-bond acceptors (Lipinski definition) is 4. The van der Waals surface area contributed by atoms with Crippen molar-refractivity contribution in [3.8, 4) is 5.75 Å². The molecule has 9 heteroatoms. The lowest BCUT2D eigenvalue weighted by Gasteiger charge is -2.33. The number of likely N-dealkylation sites (tertiary alicyclic amines) is 1. The lowest BCUT2D eigenvalue weighted by Crippen LogP contribution is -2.39. The summed E-state index contributed by atoms with van der Waals surface area (Å²) in [7, 11) is 2.93. The number of nitrogens with one attached hydrogen (secondary N) is 1. The number of aryl methyl sites for hydroxylation is 1. The van der Waals surface area contributed by atoms with Gasteiger partial charge in [-0.3, -0.25) is 9.59 Å². The van der Waals surface area contributed by atoms with E-state index in [9.17, 15) is 18.4 Å². The number of anilines is 2. The van der Waals surface area contributed by atoms with Gasteiger partial charge in [0.05, 0.1) is 24.0 Å². The summed E-state index contributed by atoms with van der Waals surface area (Å²) in [5, 5.41) is 2.63. The van der Waals surface area contributed by atoms with E-state index in [1.165, 1.54) is 49.2 Å². The topological polar surface area (TPSA) is 63.6 Å². The Morgan fingerprint density at radius 3 is 2.41 bits per heavy atom. The first-order valence-electron chi connectivity index (χ1n) is 10.8. The number of pyridine rings is 1. The molecular weight excluding hydrogens is 464 g/mol. The van der Waals surface area contributed by atoms with Gasteiger partial charge in [-0.1, -0.05) is 23.7 Å². The van der Waals surface area contributed by atoms with E-state index in [4.69, 9.17) is 16.3 Å². The SMILES string of the molecule is COc1ccc(Nc2c(C(=O)N3CCC(c4ccc(F)cc4)CC3)cn(C)c(=O)c2Cl)c(F)c1. The van der Waals surface area contributed by atoms with Crippen LogP contribution in [-0.4, -0.2) is 35.6 Å². The second-order valence-electron chi connectivity index (χ2n) is 8.24. The molecule has 34 heavy (non-hydrogen) atoms. The highest BCUT2D eigenvalue weighted by molar-refractivity contribution is 6.34. The number of carbonyl (C=O) groups excluding carboxylic acids is 1. The highest BCUT2D eigenvalue weighted by atomic mass is 35.5. The van der Waals surface area contributed by atoms with E-state index in [1.807, 2.05) is 0 Å². The summed E-state index contributed by atoms with van der Waals surface area (Å²) in [5.41, 5.74) is 0.808. The molecule has 0 atom stereocenters. The first-order chi connectivity index (χ1) is 16.3. The van der Waals surface area contributed by atoms with Gasteiger partial charge in [-0.05, 0) is 48.6 Å². The fourth-order valence-electron chi connectivity index (χ4n) is 4.16. The number of rotatable bonds is 5. The van der Waals surface area contributed by atoms with E-state index < -0.39 is 11.4 Å². The van der Waals surface area contributed by atoms with Crippen LogP contribution in [0.1, 0.15) is 34.7 Å². The molecule has 1 aliphatic heterocycles. The minimum absolute atomic E-state index is 0.0551. The average Bonchev–Trinajstić information content (AvgIpc) is 2.85. The summed E-state index contributed by atoms with van der Waals surface area (Å²) in [4.78, 5) is 27.6. The monoisotopic (exact) mass is 487 g/mol. The Labute approximate surface area is 200 Å². The largest absolute Gasteiger partial charge is 0.497 e. The summed E-state index contributed by atoms with van der Waals surface area (Å²) in [6, 6.07) is 10.6. The number of aromatic nitrogens is 1. The van der Waals surface area contributed by atoms with Crippen molar-refractivity contribution in [2.45, 2.75) is 18.8 Å². The van der Waals surface area contributed by atoms with Crippen LogP contribution in [0.25, 0.3) is 0 Å². The molecule has 0 unspecified atom stereocenters. The fraction of sp³-hybridized carbons (Fsp3) is 0.280. The highest BCUT2D eigenvalue weighted by Crippen LogP contribution is 2.33. The second kappa shape index (κ2) is 9.85. The fourth-order valence-corrected chi connectivity index (χ4v) is 4.44. The molecule has 4 rings (SSSR count). The number of ether oxygens (including phenoxy) is 1. The van der Waals surface area contributed by atoms with Gasteiger partial charge in [0.15, 0.2) is 0 Å². The zero-order valence-corrected chi connectivity index (χ0v) is 19.5. The predicted octanol–water partition coefficient (Wildman–Crippen LogP) is 5.09. The molecule has 1 aliphatic rings. The summed E-state index contributed by atoms with van der Waals surface area (Å²) in [6.07, 6.45) is 2.84. The standard InChI is InChI=1S/C25H24ClF2N3O3/c1-30-14-19(23(22(26)25(30)33)29-21-8-7-18(34-2)13-20(21)28)24(32)31-11-9-16(10-12-31)15-3-5-17(27)6-4-15/h3-8,13-14,16,29H,9-12H2,1-2H3. The first kappa shape index (κ1) is 23.8. The zero-order valence-electron chi connectivity index (χ0n) is 18.8. The summed E-state index contributed by atoms with van der Waals surface area (Å²) in [6.45, 7) is 0.968. The van der Waals surface area contributed by atoms with Gasteiger partial charge in [0.25, 0.3) is 11.5 Å². The molecular formula is C25H24ClF2N3O3. The van der Waals surface area contributed by atoms with Crippen molar-refractivity contribution in [3.63, 3.8) is 0 Å². The third-order valence-electron chi connectivity index (χ3n) is 6.11. The molecule has 178 valence electrons. The van der Waals surface area contributed by atoms with Gasteiger partial charge >= 0.3 is 0 Å². The van der Waals surface area contributed by atoms with Crippen molar-refractivity contribution >= 4 is 28.9 Å². The number of halogens is 3. The van der Waals surface area contributed by atoms with Gasteiger partial charge in [-0.15, -0.1) is 0 Å². The van der Waals surface area contributed by atoms with Crippen LogP contribution in [0.4, 0.5) is 20.2 Å². The summed E-state index contributed by atoms with van der Waals surface area (Å²) >= 11 is 6.32. The van der Waals surface area contributed by atoms with Gasteiger partial charge in [0.1, 0.15) is 22.4 Å². The van der Waals surface area contributed by atoms with Gasteiger partial charge < -0.3 is 19.5 Å². The Bertz CT molecular complexity index is 1270. The Kier molecular flexibility index (Phi) is 6.88. The van der Waals surface area contributed by atoms with Crippen molar-refractivity contribution in [1.82, 2.24) is 9.47 Å². The number of hydrogen-bond donors (Lipinski definition) is 1. The van der Waals surface area contributed by atoms with Crippen molar-refractivity contribution < 1.29 is 18.3 Å². The number of nitrogens with zero attached hydrogens (tertiary/aromatic N) is 2. The molecule has 0 radical (unpaired) electrons. The van der Waals surface area contributed by atoms with Crippen LogP contribution < -0.4 is 15.6 Å². The Hall–Kier alpha value is -3.39. The van der Waals surface area contributed by atoms with Crippen LogP contribution in [-0.2, 0) is 7.05 Å². The zero-order chi connectivity index (χ0) is 24.4. The number of amides is 1. The van der Waals surface area contributed by atoms with Crippen LogP contribution in [0.15, 0.2) is 53.5 Å². The molecule has 6 nitrogen and oxygen atoms in total. The predicted molar refractivity (Wildman–Crippen MR) is 127 cm³/mol. The molecule has 0 bridgehead atoms. The molecule has 0 spiro atoms. The lowest BCUT2D eigenvalue weighted by molar-refractivity contribution is 0.0713. The van der Waals surface area contributed by atoms with E-state index in [-0.39, 0.29) is 39.6 Å². The molecule has 0 saturated carbocycles.